The summed E-state index contributed by atoms with van der Waals surface area (Å²) < 4.78 is 21.6. The number of nitrogens with zero attached hydrogens (tertiary/aromatic N) is 1. The number of carbonyl (C=O) groups is 1. The Morgan fingerprint density at radius 1 is 1.04 bits per heavy atom. The van der Waals surface area contributed by atoms with E-state index in [1.807, 2.05) is 32.0 Å². The average Bonchev–Trinajstić information content (AvgIpc) is 3.03. The molecule has 0 bridgehead atoms. The number of rotatable bonds is 6. The van der Waals surface area contributed by atoms with Crippen LogP contribution >= 0.6 is 0 Å². The number of ether oxygens (including phenoxy) is 4. The van der Waals surface area contributed by atoms with E-state index in [9.17, 15) is 4.79 Å². The molecule has 0 atom stereocenters. The number of benzene rings is 2. The zero-order chi connectivity index (χ0) is 19.4. The van der Waals surface area contributed by atoms with Crippen LogP contribution in [-0.4, -0.2) is 32.2 Å². The molecule has 0 saturated carbocycles. The lowest BCUT2D eigenvalue weighted by Gasteiger charge is -2.13. The fraction of sp³-hybridized carbons (Fsp3) is 0.238. The summed E-state index contributed by atoms with van der Waals surface area (Å²) in [6.45, 7) is 3.89. The van der Waals surface area contributed by atoms with Crippen molar-refractivity contribution in [2.75, 3.05) is 14.2 Å². The van der Waals surface area contributed by atoms with E-state index in [2.05, 4.69) is 4.99 Å². The summed E-state index contributed by atoms with van der Waals surface area (Å²) in [5.74, 6) is 1.63. The predicted octanol–water partition coefficient (Wildman–Crippen LogP) is 3.84. The van der Waals surface area contributed by atoms with Gasteiger partial charge in [0, 0.05) is 5.56 Å². The van der Waals surface area contributed by atoms with Gasteiger partial charge in [-0.2, -0.15) is 0 Å². The van der Waals surface area contributed by atoms with Crippen LogP contribution < -0.4 is 14.2 Å². The Hall–Kier alpha value is -3.28. The van der Waals surface area contributed by atoms with Crippen molar-refractivity contribution >= 4 is 17.9 Å². The first-order valence-electron chi connectivity index (χ1n) is 8.52. The summed E-state index contributed by atoms with van der Waals surface area (Å²) in [7, 11) is 3.15. The highest BCUT2D eigenvalue weighted by Crippen LogP contribution is 2.30. The highest BCUT2D eigenvalue weighted by Gasteiger charge is 2.24. The quantitative estimate of drug-likeness (QED) is 0.573. The standard InChI is InChI=1S/C21H21NO5/c1-13(2)26-18-9-8-14(11-19(18)25-4)10-17-21(23)27-20(22-17)15-6-5-7-16(12-15)24-3/h5-13H,1-4H3/b17-10+. The van der Waals surface area contributed by atoms with Crippen molar-refractivity contribution < 1.29 is 23.7 Å². The van der Waals surface area contributed by atoms with Crippen LogP contribution in [0.25, 0.3) is 6.08 Å². The Balaban J connectivity index is 1.90. The zero-order valence-corrected chi connectivity index (χ0v) is 15.7. The summed E-state index contributed by atoms with van der Waals surface area (Å²) >= 11 is 0. The van der Waals surface area contributed by atoms with Gasteiger partial charge in [0.25, 0.3) is 0 Å². The van der Waals surface area contributed by atoms with Crippen molar-refractivity contribution in [3.8, 4) is 17.2 Å². The maximum Gasteiger partial charge on any atom is 0.363 e. The molecule has 0 aromatic heterocycles. The van der Waals surface area contributed by atoms with E-state index in [0.29, 0.717) is 22.8 Å². The highest BCUT2D eigenvalue weighted by atomic mass is 16.6. The molecular formula is C21H21NO5. The summed E-state index contributed by atoms with van der Waals surface area (Å²) in [6, 6.07) is 12.6. The number of methoxy groups -OCH3 is 2. The van der Waals surface area contributed by atoms with Crippen molar-refractivity contribution in [3.05, 3.63) is 59.3 Å². The van der Waals surface area contributed by atoms with Gasteiger partial charge in [-0.05, 0) is 55.8 Å². The first-order chi connectivity index (χ1) is 13.0. The van der Waals surface area contributed by atoms with Crippen LogP contribution in [0, 0.1) is 0 Å². The van der Waals surface area contributed by atoms with E-state index in [1.165, 1.54) is 0 Å². The first-order valence-corrected chi connectivity index (χ1v) is 8.52. The van der Waals surface area contributed by atoms with E-state index in [1.54, 1.807) is 44.6 Å². The monoisotopic (exact) mass is 367 g/mol. The minimum Gasteiger partial charge on any atom is -0.497 e. The second kappa shape index (κ2) is 7.95. The predicted molar refractivity (Wildman–Crippen MR) is 102 cm³/mol. The maximum absolute atomic E-state index is 12.2. The van der Waals surface area contributed by atoms with Gasteiger partial charge in [0.2, 0.25) is 5.90 Å². The third-order valence-corrected chi connectivity index (χ3v) is 3.79. The van der Waals surface area contributed by atoms with Crippen molar-refractivity contribution in [3.63, 3.8) is 0 Å². The molecule has 0 aliphatic carbocycles. The van der Waals surface area contributed by atoms with Gasteiger partial charge in [0.05, 0.1) is 20.3 Å². The Bertz CT molecular complexity index is 915. The van der Waals surface area contributed by atoms with E-state index >= 15 is 0 Å². The van der Waals surface area contributed by atoms with E-state index in [0.717, 1.165) is 5.56 Å². The second-order valence-corrected chi connectivity index (χ2v) is 6.14. The first kappa shape index (κ1) is 18.5. The molecule has 1 aliphatic heterocycles. The molecule has 0 saturated heterocycles. The van der Waals surface area contributed by atoms with Crippen LogP contribution in [0.4, 0.5) is 0 Å². The Morgan fingerprint density at radius 2 is 1.85 bits per heavy atom. The lowest BCUT2D eigenvalue weighted by Crippen LogP contribution is -2.06. The molecule has 27 heavy (non-hydrogen) atoms. The van der Waals surface area contributed by atoms with E-state index < -0.39 is 5.97 Å². The van der Waals surface area contributed by atoms with Crippen LogP contribution in [-0.2, 0) is 9.53 Å². The number of cyclic esters (lactones) is 1. The molecule has 2 aromatic carbocycles. The van der Waals surface area contributed by atoms with Gasteiger partial charge >= 0.3 is 5.97 Å². The summed E-state index contributed by atoms with van der Waals surface area (Å²) in [4.78, 5) is 16.5. The topological polar surface area (TPSA) is 66.3 Å². The minimum atomic E-state index is -0.505. The van der Waals surface area contributed by atoms with Crippen LogP contribution in [0.3, 0.4) is 0 Å². The SMILES string of the molecule is COc1cccc(C2=N/C(=C/c3ccc(OC(C)C)c(OC)c3)C(=O)O2)c1. The number of hydrogen-bond donors (Lipinski definition) is 0. The summed E-state index contributed by atoms with van der Waals surface area (Å²) in [6.07, 6.45) is 1.68. The average molecular weight is 367 g/mol. The molecule has 0 radical (unpaired) electrons. The van der Waals surface area contributed by atoms with Crippen LogP contribution in [0.2, 0.25) is 0 Å². The third kappa shape index (κ3) is 4.28. The molecule has 3 rings (SSSR count). The second-order valence-electron chi connectivity index (χ2n) is 6.14. The number of hydrogen-bond acceptors (Lipinski definition) is 6. The molecule has 0 N–H and O–H groups in total. The van der Waals surface area contributed by atoms with Gasteiger partial charge in [-0.1, -0.05) is 12.1 Å². The normalized spacial score (nSPS) is 14.9. The largest absolute Gasteiger partial charge is 0.497 e. The Labute approximate surface area is 158 Å². The fourth-order valence-electron chi connectivity index (χ4n) is 2.57. The molecule has 140 valence electrons. The molecule has 1 aliphatic rings. The lowest BCUT2D eigenvalue weighted by atomic mass is 10.1. The van der Waals surface area contributed by atoms with Crippen LogP contribution in [0.15, 0.2) is 53.2 Å². The number of carbonyl (C=O) groups excluding carboxylic acids is 1. The molecule has 2 aromatic rings. The van der Waals surface area contributed by atoms with Gasteiger partial charge in [0.1, 0.15) is 5.75 Å². The van der Waals surface area contributed by atoms with E-state index in [4.69, 9.17) is 18.9 Å². The lowest BCUT2D eigenvalue weighted by molar-refractivity contribution is -0.129. The third-order valence-electron chi connectivity index (χ3n) is 3.79. The number of esters is 1. The van der Waals surface area contributed by atoms with Crippen molar-refractivity contribution in [2.24, 2.45) is 4.99 Å². The molecule has 0 spiro atoms. The van der Waals surface area contributed by atoms with Gasteiger partial charge in [-0.3, -0.25) is 0 Å². The molecule has 1 heterocycles. The minimum absolute atomic E-state index is 0.0305. The smallest absolute Gasteiger partial charge is 0.363 e. The van der Waals surface area contributed by atoms with Crippen LogP contribution in [0.1, 0.15) is 25.0 Å². The Kier molecular flexibility index (Phi) is 5.45. The fourth-order valence-corrected chi connectivity index (χ4v) is 2.57. The molecule has 0 unspecified atom stereocenters. The highest BCUT2D eigenvalue weighted by molar-refractivity contribution is 6.13. The number of aliphatic imine (C=N–C) groups is 1. The Morgan fingerprint density at radius 3 is 2.56 bits per heavy atom. The van der Waals surface area contributed by atoms with Crippen molar-refractivity contribution in [1.29, 1.82) is 0 Å². The zero-order valence-electron chi connectivity index (χ0n) is 15.7. The maximum atomic E-state index is 12.2. The van der Waals surface area contributed by atoms with Crippen molar-refractivity contribution in [1.82, 2.24) is 0 Å². The van der Waals surface area contributed by atoms with Gasteiger partial charge in [-0.25, -0.2) is 9.79 Å². The van der Waals surface area contributed by atoms with E-state index in [-0.39, 0.29) is 17.7 Å². The van der Waals surface area contributed by atoms with Crippen molar-refractivity contribution in [2.45, 2.75) is 20.0 Å². The molecule has 6 nitrogen and oxygen atoms in total. The van der Waals surface area contributed by atoms with Gasteiger partial charge < -0.3 is 18.9 Å². The molecular weight excluding hydrogens is 346 g/mol. The van der Waals surface area contributed by atoms with Gasteiger partial charge in [0.15, 0.2) is 17.2 Å². The molecule has 6 heteroatoms. The van der Waals surface area contributed by atoms with Gasteiger partial charge in [-0.15, -0.1) is 0 Å². The summed E-state index contributed by atoms with van der Waals surface area (Å²) in [5.41, 5.74) is 1.64. The molecule has 0 fully saturated rings. The summed E-state index contributed by atoms with van der Waals surface area (Å²) in [5, 5.41) is 0. The van der Waals surface area contributed by atoms with Crippen LogP contribution in [0.5, 0.6) is 17.2 Å². The molecule has 0 amide bonds.